The lowest BCUT2D eigenvalue weighted by Crippen LogP contribution is -2.23. The maximum Gasteiger partial charge on any atom is 0.0534 e. The maximum atomic E-state index is 5.52. The second-order valence-corrected chi connectivity index (χ2v) is 5.83. The Morgan fingerprint density at radius 3 is 2.90 bits per heavy atom. The van der Waals surface area contributed by atoms with Gasteiger partial charge in [-0.3, -0.25) is 4.68 Å². The van der Waals surface area contributed by atoms with E-state index in [2.05, 4.69) is 46.9 Å². The number of benzene rings is 1. The van der Waals surface area contributed by atoms with Crippen molar-refractivity contribution < 1.29 is 4.74 Å². The van der Waals surface area contributed by atoms with Gasteiger partial charge in [-0.1, -0.05) is 30.3 Å². The zero-order chi connectivity index (χ0) is 14.5. The zero-order valence-electron chi connectivity index (χ0n) is 12.5. The molecule has 0 bridgehead atoms. The van der Waals surface area contributed by atoms with Crippen LogP contribution in [0.2, 0.25) is 0 Å². The van der Waals surface area contributed by atoms with Gasteiger partial charge in [0.2, 0.25) is 0 Å². The summed E-state index contributed by atoms with van der Waals surface area (Å²) in [5.41, 5.74) is 2.58. The fourth-order valence-electron chi connectivity index (χ4n) is 2.93. The van der Waals surface area contributed by atoms with Gasteiger partial charge < -0.3 is 10.1 Å². The highest BCUT2D eigenvalue weighted by Crippen LogP contribution is 2.26. The van der Waals surface area contributed by atoms with Crippen LogP contribution in [0.4, 0.5) is 0 Å². The molecule has 0 aliphatic carbocycles. The van der Waals surface area contributed by atoms with E-state index in [0.717, 1.165) is 26.2 Å². The van der Waals surface area contributed by atoms with Gasteiger partial charge in [0.1, 0.15) is 0 Å². The summed E-state index contributed by atoms with van der Waals surface area (Å²) in [6.45, 7) is 2.66. The minimum Gasteiger partial charge on any atom is -0.381 e. The molecule has 0 saturated carbocycles. The quantitative estimate of drug-likeness (QED) is 0.887. The van der Waals surface area contributed by atoms with Crippen molar-refractivity contribution >= 4 is 0 Å². The molecule has 1 aliphatic rings. The van der Waals surface area contributed by atoms with Gasteiger partial charge in [0.25, 0.3) is 0 Å². The monoisotopic (exact) mass is 285 g/mol. The van der Waals surface area contributed by atoms with Crippen LogP contribution in [-0.4, -0.2) is 23.0 Å². The first-order valence-electron chi connectivity index (χ1n) is 7.65. The molecule has 0 amide bonds. The van der Waals surface area contributed by atoms with Crippen LogP contribution in [0.15, 0.2) is 42.7 Å². The predicted molar refractivity (Wildman–Crippen MR) is 82.8 cm³/mol. The minimum absolute atomic E-state index is 0.373. The van der Waals surface area contributed by atoms with E-state index in [1.165, 1.54) is 17.5 Å². The Balaban J connectivity index is 1.66. The molecule has 2 atom stereocenters. The van der Waals surface area contributed by atoms with Crippen LogP contribution in [0.3, 0.4) is 0 Å². The Morgan fingerprint density at radius 1 is 1.38 bits per heavy atom. The molecule has 112 valence electrons. The molecule has 1 N–H and O–H groups in total. The molecule has 1 saturated heterocycles. The maximum absolute atomic E-state index is 5.52. The number of ether oxygens (including phenoxy) is 1. The Labute approximate surface area is 126 Å². The summed E-state index contributed by atoms with van der Waals surface area (Å²) in [7, 11) is 1.95. The Morgan fingerprint density at radius 2 is 2.24 bits per heavy atom. The molecule has 1 aromatic carbocycles. The van der Waals surface area contributed by atoms with Crippen LogP contribution >= 0.6 is 0 Å². The fraction of sp³-hybridized carbons (Fsp3) is 0.471. The summed E-state index contributed by atoms with van der Waals surface area (Å²) in [5, 5.41) is 7.91. The van der Waals surface area contributed by atoms with Crippen molar-refractivity contribution in [2.75, 3.05) is 13.2 Å². The number of hydrogen-bond donors (Lipinski definition) is 1. The van der Waals surface area contributed by atoms with Gasteiger partial charge in [-0.25, -0.2) is 0 Å². The van der Waals surface area contributed by atoms with Crippen molar-refractivity contribution in [1.29, 1.82) is 0 Å². The van der Waals surface area contributed by atoms with Crippen molar-refractivity contribution in [2.24, 2.45) is 13.0 Å². The van der Waals surface area contributed by atoms with Crippen molar-refractivity contribution in [2.45, 2.75) is 25.4 Å². The first kappa shape index (κ1) is 14.3. The molecule has 21 heavy (non-hydrogen) atoms. The number of hydrogen-bond acceptors (Lipinski definition) is 3. The summed E-state index contributed by atoms with van der Waals surface area (Å²) in [5.74, 6) is 0.664. The highest BCUT2D eigenvalue weighted by molar-refractivity contribution is 5.19. The lowest BCUT2D eigenvalue weighted by Gasteiger charge is -2.21. The average Bonchev–Trinajstić information content (AvgIpc) is 3.16. The van der Waals surface area contributed by atoms with Crippen LogP contribution in [0.1, 0.15) is 30.0 Å². The largest absolute Gasteiger partial charge is 0.381 e. The minimum atomic E-state index is 0.373. The molecule has 4 heteroatoms. The number of aromatic nitrogens is 2. The van der Waals surface area contributed by atoms with Gasteiger partial charge in [-0.05, 0) is 24.3 Å². The number of rotatable bonds is 6. The lowest BCUT2D eigenvalue weighted by molar-refractivity contribution is 0.181. The zero-order valence-corrected chi connectivity index (χ0v) is 12.5. The Kier molecular flexibility index (Phi) is 4.68. The van der Waals surface area contributed by atoms with Crippen molar-refractivity contribution in [3.8, 4) is 0 Å². The number of nitrogens with zero attached hydrogens (tertiary/aromatic N) is 2. The van der Waals surface area contributed by atoms with Crippen LogP contribution in [0.5, 0.6) is 0 Å². The SMILES string of the molecule is Cn1cc(CN[C@@H](C[C@H]2CCOC2)c2ccccc2)cn1. The molecular formula is C17H23N3O. The molecule has 2 aromatic rings. The van der Waals surface area contributed by atoms with E-state index >= 15 is 0 Å². The third-order valence-electron chi connectivity index (χ3n) is 4.11. The Bertz CT molecular complexity index is 546. The third-order valence-corrected chi connectivity index (χ3v) is 4.11. The molecular weight excluding hydrogens is 262 g/mol. The van der Waals surface area contributed by atoms with E-state index in [9.17, 15) is 0 Å². The highest BCUT2D eigenvalue weighted by Gasteiger charge is 2.21. The normalized spacial score (nSPS) is 19.8. The average molecular weight is 285 g/mol. The smallest absolute Gasteiger partial charge is 0.0534 e. The van der Waals surface area contributed by atoms with E-state index < -0.39 is 0 Å². The first-order chi connectivity index (χ1) is 10.3. The van der Waals surface area contributed by atoms with Crippen molar-refractivity contribution in [3.63, 3.8) is 0 Å². The summed E-state index contributed by atoms with van der Waals surface area (Å²) in [4.78, 5) is 0. The molecule has 1 aromatic heterocycles. The van der Waals surface area contributed by atoms with Crippen LogP contribution in [0.25, 0.3) is 0 Å². The number of aryl methyl sites for hydroxylation is 1. The summed E-state index contributed by atoms with van der Waals surface area (Å²) in [6, 6.07) is 11.1. The van der Waals surface area contributed by atoms with E-state index in [0.29, 0.717) is 12.0 Å². The molecule has 4 nitrogen and oxygen atoms in total. The fourth-order valence-corrected chi connectivity index (χ4v) is 2.93. The van der Waals surface area contributed by atoms with Crippen LogP contribution < -0.4 is 5.32 Å². The van der Waals surface area contributed by atoms with E-state index in [-0.39, 0.29) is 0 Å². The molecule has 1 aliphatic heterocycles. The van der Waals surface area contributed by atoms with Gasteiger partial charge in [-0.2, -0.15) is 5.10 Å². The summed E-state index contributed by atoms with van der Waals surface area (Å²) < 4.78 is 7.37. The van der Waals surface area contributed by atoms with E-state index in [1.54, 1.807) is 0 Å². The topological polar surface area (TPSA) is 39.1 Å². The van der Waals surface area contributed by atoms with Crippen molar-refractivity contribution in [1.82, 2.24) is 15.1 Å². The molecule has 0 radical (unpaired) electrons. The summed E-state index contributed by atoms with van der Waals surface area (Å²) in [6.07, 6.45) is 6.30. The van der Waals surface area contributed by atoms with E-state index in [1.807, 2.05) is 17.9 Å². The first-order valence-corrected chi connectivity index (χ1v) is 7.65. The van der Waals surface area contributed by atoms with Crippen LogP contribution in [0, 0.1) is 5.92 Å². The molecule has 2 heterocycles. The third kappa shape index (κ3) is 3.93. The second-order valence-electron chi connectivity index (χ2n) is 5.83. The lowest BCUT2D eigenvalue weighted by atomic mass is 9.94. The van der Waals surface area contributed by atoms with Crippen molar-refractivity contribution in [3.05, 3.63) is 53.9 Å². The van der Waals surface area contributed by atoms with Crippen LogP contribution in [-0.2, 0) is 18.3 Å². The molecule has 0 unspecified atom stereocenters. The predicted octanol–water partition coefficient (Wildman–Crippen LogP) is 2.68. The summed E-state index contributed by atoms with van der Waals surface area (Å²) >= 11 is 0. The standard InChI is InChI=1S/C17H23N3O/c1-20-12-15(11-19-20)10-18-17(9-14-7-8-21-13-14)16-5-3-2-4-6-16/h2-6,11-12,14,17-18H,7-10,13H2,1H3/t14-,17+/m1/s1. The van der Waals surface area contributed by atoms with E-state index in [4.69, 9.17) is 4.74 Å². The highest BCUT2D eigenvalue weighted by atomic mass is 16.5. The molecule has 3 rings (SSSR count). The number of nitrogens with one attached hydrogen (secondary N) is 1. The van der Waals surface area contributed by atoms with Gasteiger partial charge >= 0.3 is 0 Å². The Hall–Kier alpha value is -1.65. The van der Waals surface area contributed by atoms with Gasteiger partial charge in [0, 0.05) is 44.6 Å². The van der Waals surface area contributed by atoms with Gasteiger partial charge in [0.15, 0.2) is 0 Å². The van der Waals surface area contributed by atoms with Gasteiger partial charge in [-0.15, -0.1) is 0 Å². The molecule has 1 fully saturated rings. The second kappa shape index (κ2) is 6.87. The van der Waals surface area contributed by atoms with Gasteiger partial charge in [0.05, 0.1) is 6.20 Å². The molecule has 0 spiro atoms.